The summed E-state index contributed by atoms with van der Waals surface area (Å²) in [7, 11) is 0. The van der Waals surface area contributed by atoms with E-state index in [0.717, 1.165) is 51.8 Å². The first kappa shape index (κ1) is 18.2. The third-order valence-electron chi connectivity index (χ3n) is 4.96. The Bertz CT molecular complexity index is 503. The molecular formula is C18H27ClN2O2. The molecule has 1 heterocycles. The first-order chi connectivity index (χ1) is 10.7. The van der Waals surface area contributed by atoms with E-state index in [1.54, 1.807) is 0 Å². The highest BCUT2D eigenvalue weighted by Gasteiger charge is 2.41. The fourth-order valence-corrected chi connectivity index (χ4v) is 3.61. The number of amides is 1. The number of hydrogen-bond acceptors (Lipinski definition) is 3. The summed E-state index contributed by atoms with van der Waals surface area (Å²) < 4.78 is 5.81. The quantitative estimate of drug-likeness (QED) is 0.898. The summed E-state index contributed by atoms with van der Waals surface area (Å²) in [6.07, 6.45) is 4.88. The number of ether oxygens (including phenoxy) is 1. The van der Waals surface area contributed by atoms with Gasteiger partial charge in [-0.2, -0.15) is 0 Å². The van der Waals surface area contributed by atoms with Gasteiger partial charge in [0.05, 0.1) is 18.8 Å². The van der Waals surface area contributed by atoms with Crippen molar-refractivity contribution < 1.29 is 9.53 Å². The molecule has 1 aliphatic carbocycles. The molecule has 0 aromatic heterocycles. The first-order valence-corrected chi connectivity index (χ1v) is 8.37. The van der Waals surface area contributed by atoms with Crippen molar-refractivity contribution in [1.82, 2.24) is 4.90 Å². The minimum atomic E-state index is -0.584. The van der Waals surface area contributed by atoms with Gasteiger partial charge in [0, 0.05) is 19.0 Å². The molecule has 1 unspecified atom stereocenters. The average molecular weight is 339 g/mol. The third-order valence-corrected chi connectivity index (χ3v) is 4.96. The van der Waals surface area contributed by atoms with Crippen LogP contribution in [0.3, 0.4) is 0 Å². The van der Waals surface area contributed by atoms with Crippen LogP contribution in [0.4, 0.5) is 0 Å². The van der Waals surface area contributed by atoms with Gasteiger partial charge in [-0.25, -0.2) is 0 Å². The molecule has 2 aliphatic rings. The smallest absolute Gasteiger partial charge is 0.242 e. The van der Waals surface area contributed by atoms with Gasteiger partial charge in [0.15, 0.2) is 0 Å². The second-order valence-corrected chi connectivity index (χ2v) is 6.77. The molecule has 2 fully saturated rings. The van der Waals surface area contributed by atoms with Crippen molar-refractivity contribution >= 4 is 18.3 Å². The summed E-state index contributed by atoms with van der Waals surface area (Å²) in [5.41, 5.74) is 6.89. The molecular weight excluding hydrogens is 312 g/mol. The molecule has 4 nitrogen and oxygen atoms in total. The highest BCUT2D eigenvalue weighted by molar-refractivity contribution is 5.86. The Kier molecular flexibility index (Phi) is 6.45. The Morgan fingerprint density at radius 3 is 2.65 bits per heavy atom. The molecule has 1 saturated heterocycles. The second-order valence-electron chi connectivity index (χ2n) is 6.77. The summed E-state index contributed by atoms with van der Waals surface area (Å²) in [5, 5.41) is 0. The van der Waals surface area contributed by atoms with E-state index < -0.39 is 5.54 Å². The van der Waals surface area contributed by atoms with Crippen LogP contribution in [0.1, 0.15) is 37.7 Å². The lowest BCUT2D eigenvalue weighted by molar-refractivity contribution is -0.135. The molecule has 1 aliphatic heterocycles. The van der Waals surface area contributed by atoms with Crippen LogP contribution in [-0.4, -0.2) is 36.0 Å². The van der Waals surface area contributed by atoms with Crippen LogP contribution in [0, 0.1) is 5.92 Å². The van der Waals surface area contributed by atoms with Crippen molar-refractivity contribution in [2.75, 3.05) is 19.7 Å². The maximum Gasteiger partial charge on any atom is 0.242 e. The van der Waals surface area contributed by atoms with Crippen molar-refractivity contribution in [2.24, 2.45) is 11.7 Å². The van der Waals surface area contributed by atoms with E-state index >= 15 is 0 Å². The van der Waals surface area contributed by atoms with Gasteiger partial charge in [0.1, 0.15) is 0 Å². The van der Waals surface area contributed by atoms with Crippen LogP contribution in [0.5, 0.6) is 0 Å². The lowest BCUT2D eigenvalue weighted by atomic mass is 9.97. The molecule has 1 saturated carbocycles. The zero-order chi connectivity index (χ0) is 15.4. The summed E-state index contributed by atoms with van der Waals surface area (Å²) >= 11 is 0. The summed E-state index contributed by atoms with van der Waals surface area (Å²) in [5.74, 6) is 0.605. The van der Waals surface area contributed by atoms with Gasteiger partial charge in [0.25, 0.3) is 0 Å². The number of benzene rings is 1. The normalized spacial score (nSPS) is 22.8. The van der Waals surface area contributed by atoms with Crippen LogP contribution in [0.25, 0.3) is 0 Å². The van der Waals surface area contributed by atoms with E-state index in [0.29, 0.717) is 12.5 Å². The van der Waals surface area contributed by atoms with E-state index in [9.17, 15) is 4.79 Å². The maximum absolute atomic E-state index is 12.6. The van der Waals surface area contributed by atoms with E-state index in [2.05, 4.69) is 12.1 Å². The van der Waals surface area contributed by atoms with E-state index in [4.69, 9.17) is 10.5 Å². The molecule has 0 radical (unpaired) electrons. The Balaban J connectivity index is 0.00000192. The van der Waals surface area contributed by atoms with Crippen LogP contribution in [0.2, 0.25) is 0 Å². The Morgan fingerprint density at radius 1 is 1.26 bits per heavy atom. The third kappa shape index (κ3) is 4.46. The predicted molar refractivity (Wildman–Crippen MR) is 93.4 cm³/mol. The molecule has 1 aromatic rings. The monoisotopic (exact) mass is 338 g/mol. The maximum atomic E-state index is 12.6. The Hall–Kier alpha value is -1.10. The van der Waals surface area contributed by atoms with Gasteiger partial charge in [-0.05, 0) is 24.8 Å². The lowest BCUT2D eigenvalue weighted by Crippen LogP contribution is -2.53. The largest absolute Gasteiger partial charge is 0.376 e. The fraction of sp³-hybridized carbons (Fsp3) is 0.611. The second kappa shape index (κ2) is 8.13. The number of likely N-dealkylation sites (tertiary alicyclic amines) is 1. The number of nitrogens with two attached hydrogens (primary N) is 1. The molecule has 1 aromatic carbocycles. The van der Waals surface area contributed by atoms with Crippen LogP contribution in [-0.2, 0) is 16.1 Å². The molecule has 1 amide bonds. The molecule has 0 spiro atoms. The number of carbonyl (C=O) groups is 1. The first-order valence-electron chi connectivity index (χ1n) is 8.37. The van der Waals surface area contributed by atoms with Crippen molar-refractivity contribution in [3.63, 3.8) is 0 Å². The number of halogens is 1. The summed E-state index contributed by atoms with van der Waals surface area (Å²) in [6, 6.07) is 10.2. The standard InChI is InChI=1S/C18H26N2O2.ClH/c19-18(9-4-5-10-18)17(21)20-11-8-16(12-20)14-22-13-15-6-2-1-3-7-15;/h1-3,6-7,16H,4-5,8-14,19H2;1H. The number of rotatable bonds is 5. The number of nitrogens with zero attached hydrogens (tertiary/aromatic N) is 1. The molecule has 128 valence electrons. The van der Waals surface area contributed by atoms with Crippen molar-refractivity contribution in [3.05, 3.63) is 35.9 Å². The van der Waals surface area contributed by atoms with Crippen LogP contribution >= 0.6 is 12.4 Å². The average Bonchev–Trinajstić information content (AvgIpc) is 3.18. The van der Waals surface area contributed by atoms with Crippen LogP contribution in [0.15, 0.2) is 30.3 Å². The SMILES string of the molecule is Cl.NC1(C(=O)N2CCC(COCc3ccccc3)C2)CCCC1. The van der Waals surface area contributed by atoms with Crippen molar-refractivity contribution in [3.8, 4) is 0 Å². The van der Waals surface area contributed by atoms with E-state index in [1.165, 1.54) is 5.56 Å². The molecule has 3 rings (SSSR count). The van der Waals surface area contributed by atoms with Gasteiger partial charge in [-0.1, -0.05) is 43.2 Å². The van der Waals surface area contributed by atoms with E-state index in [1.807, 2.05) is 23.1 Å². The summed E-state index contributed by atoms with van der Waals surface area (Å²) in [6.45, 7) is 2.99. The summed E-state index contributed by atoms with van der Waals surface area (Å²) in [4.78, 5) is 14.5. The zero-order valence-electron chi connectivity index (χ0n) is 13.6. The molecule has 2 N–H and O–H groups in total. The van der Waals surface area contributed by atoms with Crippen molar-refractivity contribution in [1.29, 1.82) is 0 Å². The lowest BCUT2D eigenvalue weighted by Gasteiger charge is -2.28. The van der Waals surface area contributed by atoms with E-state index in [-0.39, 0.29) is 18.3 Å². The van der Waals surface area contributed by atoms with Gasteiger partial charge in [0.2, 0.25) is 5.91 Å². The Morgan fingerprint density at radius 2 is 1.96 bits per heavy atom. The molecule has 5 heteroatoms. The fourth-order valence-electron chi connectivity index (χ4n) is 3.61. The van der Waals surface area contributed by atoms with Gasteiger partial charge >= 0.3 is 0 Å². The predicted octanol–water partition coefficient (Wildman–Crippen LogP) is 2.75. The minimum Gasteiger partial charge on any atom is -0.376 e. The highest BCUT2D eigenvalue weighted by atomic mass is 35.5. The highest BCUT2D eigenvalue weighted by Crippen LogP contribution is 2.31. The number of hydrogen-bond donors (Lipinski definition) is 1. The molecule has 1 atom stereocenters. The molecule has 0 bridgehead atoms. The van der Waals surface area contributed by atoms with Gasteiger partial charge < -0.3 is 15.4 Å². The number of carbonyl (C=O) groups excluding carboxylic acids is 1. The van der Waals surface area contributed by atoms with Crippen LogP contribution < -0.4 is 5.73 Å². The molecule has 23 heavy (non-hydrogen) atoms. The van der Waals surface area contributed by atoms with Crippen molar-refractivity contribution in [2.45, 2.75) is 44.2 Å². The topological polar surface area (TPSA) is 55.6 Å². The minimum absolute atomic E-state index is 0. The van der Waals surface area contributed by atoms with Gasteiger partial charge in [-0.15, -0.1) is 12.4 Å². The Labute approximate surface area is 144 Å². The van der Waals surface area contributed by atoms with Gasteiger partial charge in [-0.3, -0.25) is 4.79 Å². The zero-order valence-corrected chi connectivity index (χ0v) is 14.4.